The maximum atomic E-state index is 12.5. The molecule has 0 bridgehead atoms. The molecule has 1 aromatic carbocycles. The zero-order valence-electron chi connectivity index (χ0n) is 13.3. The molecule has 0 amide bonds. The Labute approximate surface area is 140 Å². The summed E-state index contributed by atoms with van der Waals surface area (Å²) in [7, 11) is 0. The molecule has 1 atom stereocenters. The van der Waals surface area contributed by atoms with E-state index in [9.17, 15) is 9.59 Å². The average molecular weight is 339 g/mol. The van der Waals surface area contributed by atoms with Crippen LogP contribution >= 0.6 is 23.5 Å². The number of carbonyl (C=O) groups is 2. The maximum absolute atomic E-state index is 12.5. The van der Waals surface area contributed by atoms with Crippen molar-refractivity contribution >= 4 is 39.7 Å². The van der Waals surface area contributed by atoms with Crippen molar-refractivity contribution in [1.82, 2.24) is 0 Å². The highest BCUT2D eigenvalue weighted by molar-refractivity contribution is 8.38. The first-order valence-electron chi connectivity index (χ1n) is 6.90. The van der Waals surface area contributed by atoms with Crippen LogP contribution in [0.3, 0.4) is 0 Å². The molecule has 1 aromatic rings. The molecule has 0 saturated carbocycles. The highest BCUT2D eigenvalue weighted by Gasteiger charge is 2.45. The number of hydrogen-bond donors (Lipinski definition) is 0. The van der Waals surface area contributed by atoms with Gasteiger partial charge in [0.1, 0.15) is 4.38 Å². The minimum atomic E-state index is -1.52. The first-order chi connectivity index (χ1) is 10.5. The first-order valence-corrected chi connectivity index (χ1v) is 9.35. The average Bonchev–Trinajstić information content (AvgIpc) is 2.52. The van der Waals surface area contributed by atoms with Crippen molar-refractivity contribution in [3.05, 3.63) is 35.9 Å². The lowest BCUT2D eigenvalue weighted by Crippen LogP contribution is -2.47. The number of aliphatic imine (C=N–C) groups is 1. The molecule has 1 rings (SSSR count). The van der Waals surface area contributed by atoms with Gasteiger partial charge in [-0.2, -0.15) is 0 Å². The van der Waals surface area contributed by atoms with Crippen LogP contribution in [0.1, 0.15) is 19.4 Å². The van der Waals surface area contributed by atoms with Crippen LogP contribution in [0.5, 0.6) is 0 Å². The topological polar surface area (TPSA) is 55.7 Å². The molecule has 0 spiro atoms. The Kier molecular flexibility index (Phi) is 7.68. The van der Waals surface area contributed by atoms with Crippen LogP contribution in [0.15, 0.2) is 35.3 Å². The van der Waals surface area contributed by atoms with E-state index in [0.717, 1.165) is 5.56 Å². The van der Waals surface area contributed by atoms with Gasteiger partial charge in [-0.3, -0.25) is 4.79 Å². The van der Waals surface area contributed by atoms with E-state index in [1.807, 2.05) is 42.8 Å². The van der Waals surface area contributed by atoms with Gasteiger partial charge >= 0.3 is 5.97 Å². The summed E-state index contributed by atoms with van der Waals surface area (Å²) in [4.78, 5) is 29.3. The third-order valence-corrected chi connectivity index (χ3v) is 5.01. The van der Waals surface area contributed by atoms with E-state index < -0.39 is 11.5 Å². The Morgan fingerprint density at radius 2 is 1.77 bits per heavy atom. The number of benzene rings is 1. The normalized spacial score (nSPS) is 13.1. The molecular formula is C16H21NO3S2. The summed E-state index contributed by atoms with van der Waals surface area (Å²) < 4.78 is 5.83. The van der Waals surface area contributed by atoms with Crippen molar-refractivity contribution in [2.24, 2.45) is 4.99 Å². The largest absolute Gasteiger partial charge is 0.464 e. The molecule has 0 heterocycles. The lowest BCUT2D eigenvalue weighted by atomic mass is 9.88. The number of ketones is 1. The standard InChI is InChI=1S/C16H21NO3S2/c1-5-20-14(19)16(12(2)18,17-15(21-3)22-4)11-13-9-7-6-8-10-13/h6-10H,5,11H2,1-4H3. The van der Waals surface area contributed by atoms with Crippen LogP contribution in [0.2, 0.25) is 0 Å². The number of rotatable bonds is 6. The molecule has 0 aliphatic rings. The van der Waals surface area contributed by atoms with Gasteiger partial charge in [-0.25, -0.2) is 9.79 Å². The quantitative estimate of drug-likeness (QED) is 0.345. The molecule has 0 radical (unpaired) electrons. The summed E-state index contributed by atoms with van der Waals surface area (Å²) in [6.45, 7) is 3.33. The molecule has 0 aliphatic carbocycles. The van der Waals surface area contributed by atoms with E-state index in [4.69, 9.17) is 4.74 Å². The zero-order chi connectivity index (χ0) is 16.6. The second-order valence-corrected chi connectivity index (χ2v) is 6.43. The third kappa shape index (κ3) is 4.61. The van der Waals surface area contributed by atoms with E-state index in [-0.39, 0.29) is 18.8 Å². The fourth-order valence-corrected chi connectivity index (χ4v) is 3.14. The summed E-state index contributed by atoms with van der Waals surface area (Å²) in [6.07, 6.45) is 3.94. The Bertz CT molecular complexity index is 540. The SMILES string of the molecule is CCOC(=O)C(Cc1ccccc1)(N=C(SC)SC)C(C)=O. The van der Waals surface area contributed by atoms with E-state index in [1.165, 1.54) is 30.4 Å². The summed E-state index contributed by atoms with van der Waals surface area (Å²) >= 11 is 2.83. The van der Waals surface area contributed by atoms with Gasteiger partial charge in [-0.05, 0) is 31.9 Å². The van der Waals surface area contributed by atoms with Crippen LogP contribution in [-0.2, 0) is 20.7 Å². The van der Waals surface area contributed by atoms with Crippen LogP contribution in [0, 0.1) is 0 Å². The van der Waals surface area contributed by atoms with E-state index in [0.29, 0.717) is 4.38 Å². The molecule has 0 aromatic heterocycles. The van der Waals surface area contributed by atoms with Crippen molar-refractivity contribution in [3.8, 4) is 0 Å². The van der Waals surface area contributed by atoms with Crippen LogP contribution in [0.25, 0.3) is 0 Å². The second-order valence-electron chi connectivity index (χ2n) is 4.59. The Hall–Kier alpha value is -1.27. The minimum Gasteiger partial charge on any atom is -0.464 e. The summed E-state index contributed by atoms with van der Waals surface area (Å²) in [5.41, 5.74) is -0.644. The van der Waals surface area contributed by atoms with Gasteiger partial charge < -0.3 is 4.74 Å². The van der Waals surface area contributed by atoms with Gasteiger partial charge in [0.25, 0.3) is 0 Å². The van der Waals surface area contributed by atoms with Gasteiger partial charge in [-0.1, -0.05) is 30.3 Å². The van der Waals surface area contributed by atoms with Gasteiger partial charge in [0.2, 0.25) is 5.54 Å². The Morgan fingerprint density at radius 1 is 1.18 bits per heavy atom. The fraction of sp³-hybridized carbons (Fsp3) is 0.438. The maximum Gasteiger partial charge on any atom is 0.342 e. The lowest BCUT2D eigenvalue weighted by molar-refractivity contribution is -0.152. The number of Topliss-reactive ketones (excluding diaryl/α,β-unsaturated/α-hetero) is 1. The summed E-state index contributed by atoms with van der Waals surface area (Å²) in [6, 6.07) is 9.40. The molecule has 0 N–H and O–H groups in total. The van der Waals surface area contributed by atoms with Gasteiger partial charge in [0.15, 0.2) is 5.78 Å². The Morgan fingerprint density at radius 3 is 2.23 bits per heavy atom. The van der Waals surface area contributed by atoms with Crippen LogP contribution in [0.4, 0.5) is 0 Å². The molecule has 4 nitrogen and oxygen atoms in total. The third-order valence-electron chi connectivity index (χ3n) is 3.13. The van der Waals surface area contributed by atoms with E-state index >= 15 is 0 Å². The predicted octanol–water partition coefficient (Wildman–Crippen LogP) is 3.20. The van der Waals surface area contributed by atoms with Crippen LogP contribution in [-0.4, -0.2) is 40.8 Å². The lowest BCUT2D eigenvalue weighted by Gasteiger charge is -2.25. The highest BCUT2D eigenvalue weighted by atomic mass is 32.2. The van der Waals surface area contributed by atoms with Gasteiger partial charge in [0.05, 0.1) is 6.61 Å². The van der Waals surface area contributed by atoms with Gasteiger partial charge in [0, 0.05) is 6.42 Å². The number of nitrogens with zero attached hydrogens (tertiary/aromatic N) is 1. The number of thioether (sulfide) groups is 2. The van der Waals surface area contributed by atoms with Crippen molar-refractivity contribution < 1.29 is 14.3 Å². The first kappa shape index (κ1) is 18.8. The molecule has 0 saturated heterocycles. The van der Waals surface area contributed by atoms with Crippen molar-refractivity contribution in [2.45, 2.75) is 25.8 Å². The summed E-state index contributed by atoms with van der Waals surface area (Å²) in [5.74, 6) is -0.901. The number of esters is 1. The van der Waals surface area contributed by atoms with Crippen LogP contribution < -0.4 is 0 Å². The van der Waals surface area contributed by atoms with Crippen molar-refractivity contribution in [2.75, 3.05) is 19.1 Å². The molecule has 120 valence electrons. The van der Waals surface area contributed by atoms with E-state index in [2.05, 4.69) is 4.99 Å². The second kappa shape index (κ2) is 9.00. The van der Waals surface area contributed by atoms with E-state index in [1.54, 1.807) is 6.92 Å². The number of carbonyl (C=O) groups excluding carboxylic acids is 2. The zero-order valence-corrected chi connectivity index (χ0v) is 14.9. The minimum absolute atomic E-state index is 0.201. The smallest absolute Gasteiger partial charge is 0.342 e. The number of hydrogen-bond acceptors (Lipinski definition) is 6. The van der Waals surface area contributed by atoms with Gasteiger partial charge in [-0.15, -0.1) is 23.5 Å². The number of ether oxygens (including phenoxy) is 1. The Balaban J connectivity index is 3.35. The van der Waals surface area contributed by atoms with Crippen molar-refractivity contribution in [3.63, 3.8) is 0 Å². The predicted molar refractivity (Wildman–Crippen MR) is 94.7 cm³/mol. The monoisotopic (exact) mass is 339 g/mol. The summed E-state index contributed by atoms with van der Waals surface area (Å²) in [5, 5.41) is 0. The fourth-order valence-electron chi connectivity index (χ4n) is 1.98. The molecule has 0 aliphatic heterocycles. The molecule has 0 fully saturated rings. The highest BCUT2D eigenvalue weighted by Crippen LogP contribution is 2.26. The molecule has 1 unspecified atom stereocenters. The molecular weight excluding hydrogens is 318 g/mol. The molecule has 6 heteroatoms. The van der Waals surface area contributed by atoms with Crippen molar-refractivity contribution in [1.29, 1.82) is 0 Å². The molecule has 22 heavy (non-hydrogen) atoms.